The Balaban J connectivity index is 1.76. The maximum atomic E-state index is 13.6. The van der Waals surface area contributed by atoms with Gasteiger partial charge in [-0.1, -0.05) is 24.3 Å². The highest BCUT2D eigenvalue weighted by Gasteiger charge is 2.23. The molecule has 1 atom stereocenters. The molecule has 10 heteroatoms. The predicted octanol–water partition coefficient (Wildman–Crippen LogP) is 3.17. The molecule has 0 saturated heterocycles. The molecule has 3 aromatic carbocycles. The van der Waals surface area contributed by atoms with Crippen LogP contribution >= 0.6 is 0 Å². The standard InChI is InChI=1S/C30H33N3O7/c1-3-38-28(34)20-40-26-14-10-23(11-15-26)29(35)27(18-21-6-12-25(13-7-21)39-17-16-37-2)33-30(36)24-8-4-22(5-9-24)19-32-31/h4-15,19,27H,3,16-18,20,31H2,1-2H3,(H,33,36)/t27-/m0/s1. The van der Waals surface area contributed by atoms with Crippen LogP contribution in [0.25, 0.3) is 0 Å². The number of esters is 1. The summed E-state index contributed by atoms with van der Waals surface area (Å²) in [7, 11) is 1.60. The molecule has 0 bridgehead atoms. The molecule has 0 aliphatic heterocycles. The number of methoxy groups -OCH3 is 1. The Labute approximate surface area is 233 Å². The van der Waals surface area contributed by atoms with E-state index in [-0.39, 0.29) is 25.4 Å². The van der Waals surface area contributed by atoms with Crippen LogP contribution in [0.5, 0.6) is 11.5 Å². The first-order valence-electron chi connectivity index (χ1n) is 12.7. The summed E-state index contributed by atoms with van der Waals surface area (Å²) >= 11 is 0. The highest BCUT2D eigenvalue weighted by molar-refractivity contribution is 6.04. The van der Waals surface area contributed by atoms with Gasteiger partial charge in [-0.05, 0) is 66.6 Å². The second-order valence-corrected chi connectivity index (χ2v) is 8.60. The predicted molar refractivity (Wildman–Crippen MR) is 150 cm³/mol. The molecule has 0 aromatic heterocycles. The molecular weight excluding hydrogens is 514 g/mol. The zero-order valence-electron chi connectivity index (χ0n) is 22.5. The monoisotopic (exact) mass is 547 g/mol. The van der Waals surface area contributed by atoms with Crippen LogP contribution < -0.4 is 20.6 Å². The Bertz CT molecular complexity index is 1270. The SMILES string of the molecule is CCOC(=O)COc1ccc(C(=O)[C@H](Cc2ccc(OCCOC)cc2)NC(=O)c2ccc(C=NN)cc2)cc1. The zero-order valence-corrected chi connectivity index (χ0v) is 22.5. The minimum Gasteiger partial charge on any atom is -0.491 e. The zero-order chi connectivity index (χ0) is 28.7. The number of rotatable bonds is 15. The molecule has 0 aliphatic rings. The number of benzene rings is 3. The number of nitrogens with one attached hydrogen (secondary N) is 1. The first-order valence-corrected chi connectivity index (χ1v) is 12.7. The fourth-order valence-electron chi connectivity index (χ4n) is 3.72. The molecule has 0 spiro atoms. The van der Waals surface area contributed by atoms with Gasteiger partial charge in [-0.2, -0.15) is 5.10 Å². The van der Waals surface area contributed by atoms with Gasteiger partial charge in [0, 0.05) is 24.7 Å². The Morgan fingerprint density at radius 3 is 2.12 bits per heavy atom. The van der Waals surface area contributed by atoms with Gasteiger partial charge >= 0.3 is 5.97 Å². The molecule has 0 heterocycles. The number of nitrogens with two attached hydrogens (primary N) is 1. The minimum absolute atomic E-state index is 0.235. The van der Waals surface area contributed by atoms with Crippen LogP contribution in [0.4, 0.5) is 0 Å². The maximum Gasteiger partial charge on any atom is 0.344 e. The summed E-state index contributed by atoms with van der Waals surface area (Å²) in [5.74, 6) is 5.11. The fourth-order valence-corrected chi connectivity index (χ4v) is 3.72. The van der Waals surface area contributed by atoms with Crippen molar-refractivity contribution in [2.75, 3.05) is 33.5 Å². The van der Waals surface area contributed by atoms with E-state index < -0.39 is 17.9 Å². The van der Waals surface area contributed by atoms with Crippen molar-refractivity contribution in [2.45, 2.75) is 19.4 Å². The molecule has 3 N–H and O–H groups in total. The number of ketones is 1. The van der Waals surface area contributed by atoms with Crippen LogP contribution in [0.3, 0.4) is 0 Å². The lowest BCUT2D eigenvalue weighted by molar-refractivity contribution is -0.145. The second kappa shape index (κ2) is 15.6. The number of Topliss-reactive ketones (excluding diaryl/α,β-unsaturated/α-hetero) is 1. The number of hydrogen-bond donors (Lipinski definition) is 2. The minimum atomic E-state index is -0.857. The van der Waals surface area contributed by atoms with E-state index in [9.17, 15) is 14.4 Å². The van der Waals surface area contributed by atoms with Gasteiger partial charge in [-0.25, -0.2) is 4.79 Å². The largest absolute Gasteiger partial charge is 0.491 e. The quantitative estimate of drug-likeness (QED) is 0.0739. The molecule has 40 heavy (non-hydrogen) atoms. The molecule has 0 aliphatic carbocycles. The lowest BCUT2D eigenvalue weighted by Crippen LogP contribution is -2.42. The van der Waals surface area contributed by atoms with Crippen molar-refractivity contribution in [3.05, 3.63) is 95.1 Å². The van der Waals surface area contributed by atoms with Crippen molar-refractivity contribution in [3.8, 4) is 11.5 Å². The first kappa shape index (κ1) is 29.9. The summed E-state index contributed by atoms with van der Waals surface area (Å²) in [4.78, 5) is 38.2. The van der Waals surface area contributed by atoms with Crippen molar-refractivity contribution < 1.29 is 33.3 Å². The van der Waals surface area contributed by atoms with Crippen LogP contribution in [0, 0.1) is 0 Å². The first-order chi connectivity index (χ1) is 19.4. The van der Waals surface area contributed by atoms with E-state index in [0.29, 0.717) is 35.8 Å². The third kappa shape index (κ3) is 9.25. The summed E-state index contributed by atoms with van der Waals surface area (Å²) in [6, 6.07) is 19.5. The average Bonchev–Trinajstić information content (AvgIpc) is 2.97. The van der Waals surface area contributed by atoms with Crippen LogP contribution in [-0.2, 0) is 20.7 Å². The molecule has 0 radical (unpaired) electrons. The van der Waals surface area contributed by atoms with E-state index >= 15 is 0 Å². The summed E-state index contributed by atoms with van der Waals surface area (Å²) in [5, 5.41) is 6.35. The molecule has 3 aromatic rings. The Kier molecular flexibility index (Phi) is 11.7. The molecule has 1 amide bonds. The number of carbonyl (C=O) groups is 3. The highest BCUT2D eigenvalue weighted by Crippen LogP contribution is 2.18. The summed E-state index contributed by atoms with van der Waals surface area (Å²) < 4.78 is 20.9. The number of hydrogen-bond acceptors (Lipinski definition) is 9. The fraction of sp³-hybridized carbons (Fsp3) is 0.267. The summed E-state index contributed by atoms with van der Waals surface area (Å²) in [6.07, 6.45) is 1.72. The van der Waals surface area contributed by atoms with E-state index in [1.165, 1.54) is 6.21 Å². The van der Waals surface area contributed by atoms with Crippen molar-refractivity contribution in [2.24, 2.45) is 10.9 Å². The normalized spacial score (nSPS) is 11.6. The second-order valence-electron chi connectivity index (χ2n) is 8.60. The Morgan fingerprint density at radius 1 is 0.875 bits per heavy atom. The van der Waals surface area contributed by atoms with Crippen LogP contribution in [-0.4, -0.2) is 63.5 Å². The maximum absolute atomic E-state index is 13.6. The van der Waals surface area contributed by atoms with Gasteiger partial charge in [0.2, 0.25) is 0 Å². The number of nitrogens with zero attached hydrogens (tertiary/aromatic N) is 1. The Hall–Kier alpha value is -4.70. The molecule has 0 saturated carbocycles. The summed E-state index contributed by atoms with van der Waals surface area (Å²) in [5.41, 5.74) is 2.34. The van der Waals surface area contributed by atoms with Crippen molar-refractivity contribution in [1.82, 2.24) is 5.32 Å². The topological polar surface area (TPSA) is 139 Å². The van der Waals surface area contributed by atoms with Crippen molar-refractivity contribution in [3.63, 3.8) is 0 Å². The number of carbonyl (C=O) groups excluding carboxylic acids is 3. The van der Waals surface area contributed by atoms with E-state index in [0.717, 1.165) is 11.1 Å². The Morgan fingerprint density at radius 2 is 1.50 bits per heavy atom. The summed E-state index contributed by atoms with van der Waals surface area (Å²) in [6.45, 7) is 2.63. The van der Waals surface area contributed by atoms with Gasteiger partial charge in [0.05, 0.1) is 25.5 Å². The van der Waals surface area contributed by atoms with Gasteiger partial charge in [0.25, 0.3) is 5.91 Å². The van der Waals surface area contributed by atoms with Crippen LogP contribution in [0.15, 0.2) is 77.9 Å². The van der Waals surface area contributed by atoms with E-state index in [1.807, 2.05) is 24.3 Å². The number of ether oxygens (including phenoxy) is 4. The lowest BCUT2D eigenvalue weighted by atomic mass is 9.97. The number of amides is 1. The van der Waals surface area contributed by atoms with Crippen molar-refractivity contribution in [1.29, 1.82) is 0 Å². The molecule has 0 unspecified atom stereocenters. The van der Waals surface area contributed by atoms with Gasteiger partial charge in [-0.15, -0.1) is 0 Å². The molecule has 0 fully saturated rings. The van der Waals surface area contributed by atoms with E-state index in [1.54, 1.807) is 62.6 Å². The third-order valence-corrected chi connectivity index (χ3v) is 5.74. The van der Waals surface area contributed by atoms with Gasteiger partial charge in [0.15, 0.2) is 12.4 Å². The highest BCUT2D eigenvalue weighted by atomic mass is 16.6. The van der Waals surface area contributed by atoms with E-state index in [2.05, 4.69) is 10.4 Å². The lowest BCUT2D eigenvalue weighted by Gasteiger charge is -2.19. The van der Waals surface area contributed by atoms with Crippen LogP contribution in [0.1, 0.15) is 38.8 Å². The smallest absolute Gasteiger partial charge is 0.344 e. The third-order valence-electron chi connectivity index (χ3n) is 5.74. The van der Waals surface area contributed by atoms with E-state index in [4.69, 9.17) is 24.8 Å². The van der Waals surface area contributed by atoms with Crippen LogP contribution in [0.2, 0.25) is 0 Å². The average molecular weight is 548 g/mol. The van der Waals surface area contributed by atoms with Gasteiger partial charge in [0.1, 0.15) is 18.1 Å². The van der Waals surface area contributed by atoms with Gasteiger partial charge in [-0.3, -0.25) is 9.59 Å². The molecule has 10 nitrogen and oxygen atoms in total. The molecule has 3 rings (SSSR count). The van der Waals surface area contributed by atoms with Crippen molar-refractivity contribution >= 4 is 23.9 Å². The number of hydrazone groups is 1. The van der Waals surface area contributed by atoms with Gasteiger partial charge < -0.3 is 30.1 Å². The molecular formula is C30H33N3O7. The molecule has 210 valence electrons.